The number of methoxy groups -OCH3 is 1. The van der Waals surface area contributed by atoms with Crippen molar-refractivity contribution in [3.8, 4) is 0 Å². The van der Waals surface area contributed by atoms with Crippen LogP contribution in [0, 0.1) is 5.82 Å². The maximum Gasteiger partial charge on any atom is 0.328 e. The Bertz CT molecular complexity index is 567. The first-order chi connectivity index (χ1) is 9.73. The molecular weight excluding hydrogens is 277 g/mol. The molecule has 0 radical (unpaired) electrons. The summed E-state index contributed by atoms with van der Waals surface area (Å²) in [5, 5.41) is 11.1. The maximum absolute atomic E-state index is 13.7. The molecular formula is C15H18FNO4. The monoisotopic (exact) mass is 295 g/mol. The van der Waals surface area contributed by atoms with Crippen molar-refractivity contribution in [3.05, 3.63) is 35.7 Å². The van der Waals surface area contributed by atoms with Gasteiger partial charge >= 0.3 is 5.97 Å². The van der Waals surface area contributed by atoms with E-state index in [0.717, 1.165) is 18.2 Å². The number of carbonyl (C=O) groups is 2. The van der Waals surface area contributed by atoms with Gasteiger partial charge in [-0.25, -0.2) is 9.18 Å². The number of carbonyl (C=O) groups excluding carboxylic acids is 1. The molecule has 0 saturated heterocycles. The first-order valence-corrected chi connectivity index (χ1v) is 6.29. The van der Waals surface area contributed by atoms with E-state index in [9.17, 15) is 14.0 Å². The molecule has 0 spiro atoms. The molecule has 0 heterocycles. The lowest BCUT2D eigenvalue weighted by Gasteiger charge is -2.21. The van der Waals surface area contributed by atoms with Crippen LogP contribution in [0.1, 0.15) is 25.8 Å². The summed E-state index contributed by atoms with van der Waals surface area (Å²) < 4.78 is 18.9. The minimum atomic E-state index is -1.16. The summed E-state index contributed by atoms with van der Waals surface area (Å²) in [4.78, 5) is 22.2. The van der Waals surface area contributed by atoms with Crippen molar-refractivity contribution in [1.29, 1.82) is 0 Å². The molecule has 5 nitrogen and oxygen atoms in total. The van der Waals surface area contributed by atoms with Gasteiger partial charge in [0.25, 0.3) is 0 Å². The first-order valence-electron chi connectivity index (χ1n) is 6.29. The van der Waals surface area contributed by atoms with E-state index < -0.39 is 17.4 Å². The van der Waals surface area contributed by atoms with Gasteiger partial charge in [0.2, 0.25) is 5.91 Å². The van der Waals surface area contributed by atoms with Crippen LogP contribution in [-0.2, 0) is 14.3 Å². The second kappa shape index (κ2) is 6.99. The standard InChI is InChI=1S/C15H18FNO4/c1-15(2,21-3)9-13(18)17-11-6-4-10(12(16)8-11)5-7-14(19)20/h4-8H,9H2,1-3H3,(H,17,18)(H,19,20)/b7-5+. The highest BCUT2D eigenvalue weighted by molar-refractivity contribution is 5.91. The molecule has 0 fully saturated rings. The van der Waals surface area contributed by atoms with Crippen molar-refractivity contribution in [2.45, 2.75) is 25.9 Å². The van der Waals surface area contributed by atoms with Gasteiger partial charge in [0.1, 0.15) is 5.82 Å². The minimum Gasteiger partial charge on any atom is -0.478 e. The molecule has 0 aliphatic rings. The molecule has 2 N–H and O–H groups in total. The number of carboxylic acids is 1. The van der Waals surface area contributed by atoms with Crippen LogP contribution in [0.5, 0.6) is 0 Å². The van der Waals surface area contributed by atoms with Crippen LogP contribution in [0.4, 0.5) is 10.1 Å². The number of ether oxygens (including phenoxy) is 1. The van der Waals surface area contributed by atoms with E-state index in [-0.39, 0.29) is 17.9 Å². The van der Waals surface area contributed by atoms with Crippen molar-refractivity contribution >= 4 is 23.6 Å². The third kappa shape index (κ3) is 5.74. The van der Waals surface area contributed by atoms with Gasteiger partial charge in [-0.2, -0.15) is 0 Å². The Morgan fingerprint density at radius 3 is 2.62 bits per heavy atom. The van der Waals surface area contributed by atoms with Gasteiger partial charge in [0.15, 0.2) is 0 Å². The number of benzene rings is 1. The Balaban J connectivity index is 2.76. The predicted molar refractivity (Wildman–Crippen MR) is 77.4 cm³/mol. The van der Waals surface area contributed by atoms with Gasteiger partial charge in [0, 0.05) is 24.4 Å². The van der Waals surface area contributed by atoms with Crippen molar-refractivity contribution in [2.75, 3.05) is 12.4 Å². The Kier molecular flexibility index (Phi) is 5.60. The predicted octanol–water partition coefficient (Wildman–Crippen LogP) is 2.68. The smallest absolute Gasteiger partial charge is 0.328 e. The van der Waals surface area contributed by atoms with E-state index in [4.69, 9.17) is 9.84 Å². The van der Waals surface area contributed by atoms with E-state index >= 15 is 0 Å². The first kappa shape index (κ1) is 16.8. The van der Waals surface area contributed by atoms with Crippen LogP contribution in [0.2, 0.25) is 0 Å². The third-order valence-electron chi connectivity index (χ3n) is 2.83. The van der Waals surface area contributed by atoms with Gasteiger partial charge < -0.3 is 15.2 Å². The van der Waals surface area contributed by atoms with E-state index in [1.54, 1.807) is 13.8 Å². The van der Waals surface area contributed by atoms with Gasteiger partial charge in [-0.3, -0.25) is 4.79 Å². The van der Waals surface area contributed by atoms with E-state index in [1.807, 2.05) is 0 Å². The van der Waals surface area contributed by atoms with Crippen LogP contribution >= 0.6 is 0 Å². The highest BCUT2D eigenvalue weighted by Gasteiger charge is 2.21. The Labute approximate surface area is 122 Å². The highest BCUT2D eigenvalue weighted by Crippen LogP contribution is 2.18. The van der Waals surface area contributed by atoms with Gasteiger partial charge in [-0.15, -0.1) is 0 Å². The number of rotatable bonds is 6. The molecule has 1 aromatic carbocycles. The van der Waals surface area contributed by atoms with Crippen LogP contribution < -0.4 is 5.32 Å². The summed E-state index contributed by atoms with van der Waals surface area (Å²) in [6.07, 6.45) is 2.13. The Morgan fingerprint density at radius 2 is 2.10 bits per heavy atom. The summed E-state index contributed by atoms with van der Waals surface area (Å²) in [5.74, 6) is -2.07. The van der Waals surface area contributed by atoms with Gasteiger partial charge in [-0.1, -0.05) is 0 Å². The second-order valence-corrected chi connectivity index (χ2v) is 5.10. The molecule has 0 saturated carbocycles. The molecule has 6 heteroatoms. The van der Waals surface area contributed by atoms with E-state index in [0.29, 0.717) is 5.69 Å². The zero-order chi connectivity index (χ0) is 16.0. The van der Waals surface area contributed by atoms with Crippen LogP contribution in [-0.4, -0.2) is 29.7 Å². The maximum atomic E-state index is 13.7. The van der Waals surface area contributed by atoms with Crippen molar-refractivity contribution in [2.24, 2.45) is 0 Å². The lowest BCUT2D eigenvalue weighted by molar-refractivity contribution is -0.131. The summed E-state index contributed by atoms with van der Waals surface area (Å²) >= 11 is 0. The number of hydrogen-bond donors (Lipinski definition) is 2. The average Bonchev–Trinajstić information content (AvgIpc) is 2.36. The van der Waals surface area contributed by atoms with E-state index in [2.05, 4.69) is 5.32 Å². The molecule has 114 valence electrons. The Morgan fingerprint density at radius 1 is 1.43 bits per heavy atom. The molecule has 0 bridgehead atoms. The van der Waals surface area contributed by atoms with Crippen molar-refractivity contribution < 1.29 is 23.8 Å². The molecule has 1 rings (SSSR count). The molecule has 1 amide bonds. The molecule has 0 aromatic heterocycles. The Hall–Kier alpha value is -2.21. The topological polar surface area (TPSA) is 75.6 Å². The van der Waals surface area contributed by atoms with Crippen molar-refractivity contribution in [1.82, 2.24) is 0 Å². The number of hydrogen-bond acceptors (Lipinski definition) is 3. The molecule has 1 aromatic rings. The number of aliphatic carboxylic acids is 1. The molecule has 0 aliphatic heterocycles. The summed E-state index contributed by atoms with van der Waals surface area (Å²) in [5.41, 5.74) is -0.170. The van der Waals surface area contributed by atoms with Crippen LogP contribution in [0.25, 0.3) is 6.08 Å². The van der Waals surface area contributed by atoms with Gasteiger partial charge in [-0.05, 0) is 38.1 Å². The highest BCUT2D eigenvalue weighted by atomic mass is 19.1. The summed E-state index contributed by atoms with van der Waals surface area (Å²) in [7, 11) is 1.51. The fourth-order valence-corrected chi connectivity index (χ4v) is 1.57. The number of nitrogens with one attached hydrogen (secondary N) is 1. The number of anilines is 1. The fraction of sp³-hybridized carbons (Fsp3) is 0.333. The quantitative estimate of drug-likeness (QED) is 0.791. The fourth-order valence-electron chi connectivity index (χ4n) is 1.57. The minimum absolute atomic E-state index is 0.131. The van der Waals surface area contributed by atoms with Crippen LogP contribution in [0.15, 0.2) is 24.3 Å². The normalized spacial score (nSPS) is 11.6. The molecule has 21 heavy (non-hydrogen) atoms. The van der Waals surface area contributed by atoms with E-state index in [1.165, 1.54) is 19.2 Å². The van der Waals surface area contributed by atoms with Crippen molar-refractivity contribution in [3.63, 3.8) is 0 Å². The second-order valence-electron chi connectivity index (χ2n) is 5.10. The number of halogens is 1. The van der Waals surface area contributed by atoms with Crippen LogP contribution in [0.3, 0.4) is 0 Å². The molecule has 0 aliphatic carbocycles. The largest absolute Gasteiger partial charge is 0.478 e. The zero-order valence-corrected chi connectivity index (χ0v) is 12.1. The molecule has 0 unspecified atom stereocenters. The lowest BCUT2D eigenvalue weighted by atomic mass is 10.0. The summed E-state index contributed by atoms with van der Waals surface area (Å²) in [6, 6.07) is 4.04. The van der Waals surface area contributed by atoms with Gasteiger partial charge in [0.05, 0.1) is 12.0 Å². The number of carboxylic acid groups (broad SMARTS) is 1. The summed E-state index contributed by atoms with van der Waals surface area (Å²) in [6.45, 7) is 3.54. The number of amides is 1. The third-order valence-corrected chi connectivity index (χ3v) is 2.83. The average molecular weight is 295 g/mol. The zero-order valence-electron chi connectivity index (χ0n) is 12.1. The SMILES string of the molecule is COC(C)(C)CC(=O)Nc1ccc(/C=C/C(=O)O)c(F)c1. The molecule has 0 atom stereocenters. The lowest BCUT2D eigenvalue weighted by Crippen LogP contribution is -2.29.